The highest BCUT2D eigenvalue weighted by molar-refractivity contribution is 7.47. The summed E-state index contributed by atoms with van der Waals surface area (Å²) in [5.41, 5.74) is 0. The predicted molar refractivity (Wildman–Crippen MR) is 414 cm³/mol. The molecular weight excluding hydrogens is 1320 g/mol. The largest absolute Gasteiger partial charge is 0.472 e. The molecule has 19 heteroatoms. The van der Waals surface area contributed by atoms with Crippen LogP contribution in [0.15, 0.2) is 0 Å². The standard InChI is InChI=1S/C82H160O17P2/c1-9-75(8)61-53-45-37-28-24-20-16-12-10-11-13-17-21-25-29-39-48-56-65-82(87)99-78(69-93-80(85)63-55-47-41-33-36-44-52-60-74(6)7)71-97-101(90,91)95-67-76(83)66-94-100(88,89)96-70-77(68-92-79(84)62-54-46-38-32-31-35-43-51-59-73(4)5)98-81(86)64-57-49-40-30-26-22-18-14-15-19-23-27-34-42-50-58-72(2)3/h72-78,83H,9-71H2,1-8H3,(H,88,89)(H,90,91)/t75?,76?,77-,78-/m1/s1. The van der Waals surface area contributed by atoms with Crippen molar-refractivity contribution < 1.29 is 80.2 Å². The molecule has 0 saturated heterocycles. The summed E-state index contributed by atoms with van der Waals surface area (Å²) in [4.78, 5) is 73.0. The Morgan fingerprint density at radius 1 is 0.277 bits per heavy atom. The summed E-state index contributed by atoms with van der Waals surface area (Å²) in [5, 5.41) is 10.6. The minimum atomic E-state index is -4.96. The monoisotopic (exact) mass is 1480 g/mol. The second-order valence-corrected chi connectivity index (χ2v) is 34.1. The van der Waals surface area contributed by atoms with E-state index in [2.05, 4.69) is 55.4 Å². The van der Waals surface area contributed by atoms with E-state index in [1.807, 2.05) is 0 Å². The molecule has 0 heterocycles. The Labute approximate surface area is 619 Å². The first-order valence-corrected chi connectivity index (χ1v) is 45.2. The number of aliphatic hydroxyl groups excluding tert-OH is 1. The Kier molecular flexibility index (Phi) is 69.6. The Morgan fingerprint density at radius 3 is 0.703 bits per heavy atom. The van der Waals surface area contributed by atoms with Crippen LogP contribution in [0.1, 0.15) is 421 Å². The Bertz CT molecular complexity index is 1970. The lowest BCUT2D eigenvalue weighted by atomic mass is 9.99. The molecule has 0 aromatic rings. The van der Waals surface area contributed by atoms with Crippen LogP contribution in [0.5, 0.6) is 0 Å². The van der Waals surface area contributed by atoms with Gasteiger partial charge in [0.2, 0.25) is 0 Å². The van der Waals surface area contributed by atoms with E-state index in [0.717, 1.165) is 114 Å². The molecule has 0 aromatic carbocycles. The number of phosphoric acid groups is 2. The molecule has 6 atom stereocenters. The van der Waals surface area contributed by atoms with Gasteiger partial charge in [-0.3, -0.25) is 37.3 Å². The van der Waals surface area contributed by atoms with E-state index in [0.29, 0.717) is 31.6 Å². The normalized spacial score (nSPS) is 14.3. The summed E-state index contributed by atoms with van der Waals surface area (Å²) in [6, 6.07) is 0. The van der Waals surface area contributed by atoms with Crippen LogP contribution in [0.25, 0.3) is 0 Å². The molecule has 17 nitrogen and oxygen atoms in total. The third kappa shape index (κ3) is 74.7. The van der Waals surface area contributed by atoms with Crippen LogP contribution in [0.2, 0.25) is 0 Å². The molecule has 4 unspecified atom stereocenters. The maximum Gasteiger partial charge on any atom is 0.472 e. The Balaban J connectivity index is 5.17. The van der Waals surface area contributed by atoms with Gasteiger partial charge in [-0.15, -0.1) is 0 Å². The first kappa shape index (κ1) is 99.1. The SMILES string of the molecule is CCC(C)CCCCCCCCCCCCCCCCCCCCC(=O)O[C@H](COC(=O)CCCCCCCCCC(C)C)COP(=O)(O)OCC(O)COP(=O)(O)OC[C@@H](COC(=O)CCCCCCCCCCC(C)C)OC(=O)CCCCCCCCCCCCCCCCCC(C)C. The topological polar surface area (TPSA) is 237 Å². The molecule has 600 valence electrons. The molecule has 0 radical (unpaired) electrons. The molecule has 0 saturated carbocycles. The fourth-order valence-corrected chi connectivity index (χ4v) is 14.2. The smallest absolute Gasteiger partial charge is 0.462 e. The van der Waals surface area contributed by atoms with Crippen molar-refractivity contribution in [3.05, 3.63) is 0 Å². The second-order valence-electron chi connectivity index (χ2n) is 31.2. The van der Waals surface area contributed by atoms with E-state index < -0.39 is 97.5 Å². The van der Waals surface area contributed by atoms with E-state index in [1.54, 1.807) is 0 Å². The van der Waals surface area contributed by atoms with Gasteiger partial charge < -0.3 is 33.8 Å². The zero-order valence-corrected chi connectivity index (χ0v) is 68.3. The van der Waals surface area contributed by atoms with Gasteiger partial charge >= 0.3 is 39.5 Å². The number of hydrogen-bond donors (Lipinski definition) is 3. The van der Waals surface area contributed by atoms with Gasteiger partial charge in [-0.25, -0.2) is 9.13 Å². The van der Waals surface area contributed by atoms with Crippen molar-refractivity contribution >= 4 is 39.5 Å². The minimum Gasteiger partial charge on any atom is -0.462 e. The lowest BCUT2D eigenvalue weighted by Crippen LogP contribution is -2.30. The molecule has 0 aromatic heterocycles. The van der Waals surface area contributed by atoms with Gasteiger partial charge in [0, 0.05) is 25.7 Å². The summed E-state index contributed by atoms with van der Waals surface area (Å²) in [5.74, 6) is 0.989. The molecular formula is C82H160O17P2. The van der Waals surface area contributed by atoms with E-state index in [9.17, 15) is 43.2 Å². The van der Waals surface area contributed by atoms with Gasteiger partial charge in [0.15, 0.2) is 12.2 Å². The number of carbonyl (C=O) groups excluding carboxylic acids is 4. The number of phosphoric ester groups is 2. The van der Waals surface area contributed by atoms with E-state index >= 15 is 0 Å². The predicted octanol–water partition coefficient (Wildman–Crippen LogP) is 24.4. The zero-order chi connectivity index (χ0) is 74.6. The van der Waals surface area contributed by atoms with Crippen LogP contribution < -0.4 is 0 Å². The fourth-order valence-electron chi connectivity index (χ4n) is 12.6. The molecule has 3 N–H and O–H groups in total. The molecule has 0 aliphatic carbocycles. The van der Waals surface area contributed by atoms with Crippen LogP contribution >= 0.6 is 15.6 Å². The molecule has 101 heavy (non-hydrogen) atoms. The van der Waals surface area contributed by atoms with Gasteiger partial charge in [0.1, 0.15) is 19.3 Å². The maximum atomic E-state index is 13.1. The first-order chi connectivity index (χ1) is 48.6. The van der Waals surface area contributed by atoms with Crippen LogP contribution in [0.4, 0.5) is 0 Å². The average Bonchev–Trinajstić information content (AvgIpc) is 1.36. The van der Waals surface area contributed by atoms with E-state index in [-0.39, 0.29) is 25.7 Å². The highest BCUT2D eigenvalue weighted by atomic mass is 31.2. The molecule has 0 aliphatic rings. The van der Waals surface area contributed by atoms with Crippen molar-refractivity contribution in [2.45, 2.75) is 440 Å². The number of unbranched alkanes of at least 4 members (excludes halogenated alkanes) is 44. The van der Waals surface area contributed by atoms with E-state index in [4.69, 9.17) is 37.0 Å². The fraction of sp³-hybridized carbons (Fsp3) is 0.951. The highest BCUT2D eigenvalue weighted by Crippen LogP contribution is 2.45. The van der Waals surface area contributed by atoms with Gasteiger partial charge in [-0.05, 0) is 49.4 Å². The van der Waals surface area contributed by atoms with Crippen LogP contribution in [0.3, 0.4) is 0 Å². The summed E-state index contributed by atoms with van der Waals surface area (Å²) in [7, 11) is -9.92. The third-order valence-electron chi connectivity index (χ3n) is 19.4. The third-order valence-corrected chi connectivity index (χ3v) is 21.3. The second kappa shape index (κ2) is 71.0. The number of esters is 4. The molecule has 0 amide bonds. The molecule has 0 fully saturated rings. The van der Waals surface area contributed by atoms with Crippen LogP contribution in [-0.2, 0) is 65.4 Å². The number of aliphatic hydroxyl groups is 1. The highest BCUT2D eigenvalue weighted by Gasteiger charge is 2.30. The summed E-state index contributed by atoms with van der Waals surface area (Å²) in [6.45, 7) is 14.2. The first-order valence-electron chi connectivity index (χ1n) is 42.2. The summed E-state index contributed by atoms with van der Waals surface area (Å²) in [6.07, 6.45) is 58.5. The molecule has 0 spiro atoms. The summed E-state index contributed by atoms with van der Waals surface area (Å²) < 4.78 is 68.7. The molecule has 0 rings (SSSR count). The van der Waals surface area contributed by atoms with Gasteiger partial charge in [-0.1, -0.05) is 370 Å². The van der Waals surface area contributed by atoms with Crippen molar-refractivity contribution in [1.29, 1.82) is 0 Å². The number of carbonyl (C=O) groups is 4. The number of hydrogen-bond acceptors (Lipinski definition) is 15. The van der Waals surface area contributed by atoms with Gasteiger partial charge in [-0.2, -0.15) is 0 Å². The summed E-state index contributed by atoms with van der Waals surface area (Å²) >= 11 is 0. The lowest BCUT2D eigenvalue weighted by Gasteiger charge is -2.21. The van der Waals surface area contributed by atoms with Crippen molar-refractivity contribution in [3.8, 4) is 0 Å². The number of ether oxygens (including phenoxy) is 4. The van der Waals surface area contributed by atoms with Crippen LogP contribution in [-0.4, -0.2) is 96.7 Å². The number of rotatable bonds is 79. The van der Waals surface area contributed by atoms with Gasteiger partial charge in [0.05, 0.1) is 26.4 Å². The van der Waals surface area contributed by atoms with Crippen molar-refractivity contribution in [3.63, 3.8) is 0 Å². The average molecular weight is 1480 g/mol. The Morgan fingerprint density at radius 2 is 0.475 bits per heavy atom. The van der Waals surface area contributed by atoms with Crippen molar-refractivity contribution in [2.75, 3.05) is 39.6 Å². The zero-order valence-electron chi connectivity index (χ0n) is 66.5. The van der Waals surface area contributed by atoms with Crippen molar-refractivity contribution in [2.24, 2.45) is 23.7 Å². The van der Waals surface area contributed by atoms with Gasteiger partial charge in [0.25, 0.3) is 0 Å². The lowest BCUT2D eigenvalue weighted by molar-refractivity contribution is -0.161. The quantitative estimate of drug-likeness (QED) is 0.0222. The van der Waals surface area contributed by atoms with Crippen molar-refractivity contribution in [1.82, 2.24) is 0 Å². The molecule has 0 aliphatic heterocycles. The molecule has 0 bridgehead atoms. The van der Waals surface area contributed by atoms with Crippen LogP contribution in [0, 0.1) is 23.7 Å². The minimum absolute atomic E-state index is 0.107. The van der Waals surface area contributed by atoms with E-state index in [1.165, 1.54) is 218 Å². The Hall–Kier alpha value is -1.94. The maximum absolute atomic E-state index is 13.1.